The predicted molar refractivity (Wildman–Crippen MR) is 63.0 cm³/mol. The van der Waals surface area contributed by atoms with Crippen LogP contribution in [0.2, 0.25) is 0 Å². The minimum absolute atomic E-state index is 0. The van der Waals surface area contributed by atoms with Gasteiger partial charge in [0.2, 0.25) is 0 Å². The Bertz CT molecular complexity index is 346. The summed E-state index contributed by atoms with van der Waals surface area (Å²) in [5.41, 5.74) is 5.53. The summed E-state index contributed by atoms with van der Waals surface area (Å²) in [6, 6.07) is 12.6. The average molecular weight is 242 g/mol. The molecule has 2 aromatic rings. The van der Waals surface area contributed by atoms with Crippen LogP contribution in [0.15, 0.2) is 36.4 Å². The van der Waals surface area contributed by atoms with Gasteiger partial charge in [0.15, 0.2) is 0 Å². The van der Waals surface area contributed by atoms with E-state index in [0.717, 1.165) is 0 Å². The van der Waals surface area contributed by atoms with Crippen LogP contribution in [0.4, 0.5) is 0 Å². The first-order chi connectivity index (χ1) is 6.59. The average Bonchev–Trinajstić information content (AvgIpc) is 2.65. The molecule has 82 valence electrons. The van der Waals surface area contributed by atoms with E-state index in [1.165, 1.54) is 22.3 Å². The molecule has 2 aromatic carbocycles. The number of rotatable bonds is 0. The van der Waals surface area contributed by atoms with Gasteiger partial charge < -0.3 is 0 Å². The fraction of sp³-hybridized carbons (Fsp3) is 0.286. The Morgan fingerprint density at radius 1 is 1.00 bits per heavy atom. The summed E-state index contributed by atoms with van der Waals surface area (Å²) in [7, 11) is 0. The maximum Gasteiger partial charge on any atom is 2.00 e. The van der Waals surface area contributed by atoms with Gasteiger partial charge in [-0.15, -0.1) is 0 Å². The van der Waals surface area contributed by atoms with Crippen LogP contribution >= 0.6 is 0 Å². The zero-order valence-electron chi connectivity index (χ0n) is 9.82. The maximum atomic E-state index is 2.20. The Morgan fingerprint density at radius 3 is 1.80 bits per heavy atom. The molecule has 0 aliphatic carbocycles. The third-order valence-corrected chi connectivity index (χ3v) is 2.34. The molecule has 0 unspecified atom stereocenters. The minimum Gasteiger partial charge on any atom is -0.213 e. The molecule has 0 bridgehead atoms. The molecule has 0 aliphatic heterocycles. The summed E-state index contributed by atoms with van der Waals surface area (Å²) >= 11 is 0. The molecule has 1 heteroatoms. The van der Waals surface area contributed by atoms with Crippen LogP contribution in [-0.2, 0) is 17.1 Å². The molecule has 0 aliphatic rings. The molecule has 0 fully saturated rings. The van der Waals surface area contributed by atoms with E-state index in [2.05, 4.69) is 52.0 Å². The number of hydrogen-bond donors (Lipinski definition) is 0. The Morgan fingerprint density at radius 2 is 1.67 bits per heavy atom. The summed E-state index contributed by atoms with van der Waals surface area (Å²) < 4.78 is 0. The molecule has 0 heterocycles. The minimum atomic E-state index is 0. The van der Waals surface area contributed by atoms with Crippen LogP contribution in [0, 0.1) is 27.7 Å². The number of hydrogen-bond acceptors (Lipinski definition) is 0. The van der Waals surface area contributed by atoms with Crippen molar-refractivity contribution in [3.05, 3.63) is 58.7 Å². The predicted octanol–water partition coefficient (Wildman–Crippen LogP) is 4.04. The van der Waals surface area contributed by atoms with Crippen LogP contribution in [-0.4, -0.2) is 0 Å². The van der Waals surface area contributed by atoms with Gasteiger partial charge in [-0.05, 0) is 0 Å². The van der Waals surface area contributed by atoms with Gasteiger partial charge in [-0.1, -0.05) is 27.7 Å². The molecule has 0 atom stereocenters. The van der Waals surface area contributed by atoms with Crippen LogP contribution in [0.5, 0.6) is 0 Å². The maximum absolute atomic E-state index is 2.20. The van der Waals surface area contributed by atoms with Crippen LogP contribution in [0.3, 0.4) is 0 Å². The van der Waals surface area contributed by atoms with Gasteiger partial charge in [-0.3, -0.25) is 0 Å². The van der Waals surface area contributed by atoms with E-state index in [1.54, 1.807) is 0 Å². The van der Waals surface area contributed by atoms with E-state index < -0.39 is 0 Å². The number of aryl methyl sites for hydroxylation is 4. The topological polar surface area (TPSA) is 0 Å². The first-order valence-electron chi connectivity index (χ1n) is 4.98. The van der Waals surface area contributed by atoms with E-state index in [-0.39, 0.29) is 17.1 Å². The molecule has 0 nitrogen and oxygen atoms in total. The fourth-order valence-corrected chi connectivity index (χ4v) is 1.42. The zero-order valence-corrected chi connectivity index (χ0v) is 10.9. The molecular weight excluding hydrogens is 224 g/mol. The fourth-order valence-electron chi connectivity index (χ4n) is 1.42. The first kappa shape index (κ1) is 14.2. The standard InChI is InChI=1S/C8H11.C6H7.Fe/c1-6-4-7(2)8(3)5-6;1-6-4-2-3-5-6;/h4-5H,1-3H3;2-5H,1H3;/q2*-1;+2. The summed E-state index contributed by atoms with van der Waals surface area (Å²) in [4.78, 5) is 0. The second-order valence-electron chi connectivity index (χ2n) is 3.86. The van der Waals surface area contributed by atoms with Crippen molar-refractivity contribution in [2.45, 2.75) is 27.7 Å². The molecule has 0 spiro atoms. The Kier molecular flexibility index (Phi) is 6.31. The van der Waals surface area contributed by atoms with Crippen molar-refractivity contribution in [3.63, 3.8) is 0 Å². The molecule has 15 heavy (non-hydrogen) atoms. The van der Waals surface area contributed by atoms with Crippen molar-refractivity contribution >= 4 is 0 Å². The van der Waals surface area contributed by atoms with Crippen molar-refractivity contribution in [1.82, 2.24) is 0 Å². The third-order valence-electron chi connectivity index (χ3n) is 2.34. The van der Waals surface area contributed by atoms with Crippen molar-refractivity contribution in [2.24, 2.45) is 0 Å². The summed E-state index contributed by atoms with van der Waals surface area (Å²) in [5.74, 6) is 0. The normalized spacial score (nSPS) is 8.80. The quantitative estimate of drug-likeness (QED) is 0.483. The summed E-state index contributed by atoms with van der Waals surface area (Å²) in [6.07, 6.45) is 0. The summed E-state index contributed by atoms with van der Waals surface area (Å²) in [6.45, 7) is 8.49. The van der Waals surface area contributed by atoms with Crippen molar-refractivity contribution in [2.75, 3.05) is 0 Å². The van der Waals surface area contributed by atoms with Crippen molar-refractivity contribution < 1.29 is 17.1 Å². The smallest absolute Gasteiger partial charge is 0.213 e. The monoisotopic (exact) mass is 242 g/mol. The molecule has 0 aromatic heterocycles. The van der Waals surface area contributed by atoms with Gasteiger partial charge in [0, 0.05) is 0 Å². The second-order valence-corrected chi connectivity index (χ2v) is 3.86. The van der Waals surface area contributed by atoms with Crippen molar-refractivity contribution in [3.8, 4) is 0 Å². The van der Waals surface area contributed by atoms with Crippen molar-refractivity contribution in [1.29, 1.82) is 0 Å². The van der Waals surface area contributed by atoms with Crippen LogP contribution in [0.1, 0.15) is 22.3 Å². The SMILES string of the molecule is Cc1cc(C)c(C)[cH-]1.Cc1ccc[cH-]1.[Fe+2]. The summed E-state index contributed by atoms with van der Waals surface area (Å²) in [5, 5.41) is 0. The third kappa shape index (κ3) is 5.01. The molecule has 0 saturated carbocycles. The zero-order chi connectivity index (χ0) is 10.6. The second kappa shape index (κ2) is 6.66. The molecular formula is C14H18Fe. The largest absolute Gasteiger partial charge is 2.00 e. The first-order valence-corrected chi connectivity index (χ1v) is 4.98. The van der Waals surface area contributed by atoms with Gasteiger partial charge in [-0.25, -0.2) is 18.2 Å². The van der Waals surface area contributed by atoms with Gasteiger partial charge in [0.25, 0.3) is 0 Å². The van der Waals surface area contributed by atoms with Crippen LogP contribution < -0.4 is 0 Å². The van der Waals surface area contributed by atoms with Crippen LogP contribution in [0.25, 0.3) is 0 Å². The van der Waals surface area contributed by atoms with E-state index in [0.29, 0.717) is 0 Å². The van der Waals surface area contributed by atoms with E-state index in [9.17, 15) is 0 Å². The van der Waals surface area contributed by atoms with Gasteiger partial charge in [-0.2, -0.15) is 40.5 Å². The Balaban J connectivity index is 0.000000253. The Hall–Kier alpha value is -0.781. The van der Waals surface area contributed by atoms with Gasteiger partial charge in [0.1, 0.15) is 0 Å². The molecule has 0 radical (unpaired) electrons. The molecule has 0 amide bonds. The van der Waals surface area contributed by atoms with E-state index in [4.69, 9.17) is 0 Å². The molecule has 2 rings (SSSR count). The van der Waals surface area contributed by atoms with E-state index >= 15 is 0 Å². The Labute approximate surface area is 104 Å². The molecule has 0 saturated heterocycles. The van der Waals surface area contributed by atoms with E-state index in [1.807, 2.05) is 12.1 Å². The van der Waals surface area contributed by atoms with Gasteiger partial charge >= 0.3 is 17.1 Å². The van der Waals surface area contributed by atoms with Gasteiger partial charge in [0.05, 0.1) is 0 Å². The molecule has 0 N–H and O–H groups in total.